The number of fused-ring (bicyclic) bond motifs is 1. The summed E-state index contributed by atoms with van der Waals surface area (Å²) in [4.78, 5) is 16.4. The monoisotopic (exact) mass is 393 g/mol. The average Bonchev–Trinajstić information content (AvgIpc) is 2.94. The van der Waals surface area contributed by atoms with E-state index < -0.39 is 10.0 Å². The lowest BCUT2D eigenvalue weighted by Crippen LogP contribution is -2.46. The van der Waals surface area contributed by atoms with Gasteiger partial charge in [0, 0.05) is 64.8 Å². The van der Waals surface area contributed by atoms with E-state index in [1.54, 1.807) is 36.2 Å². The lowest BCUT2D eigenvalue weighted by Gasteiger charge is -2.27. The number of carbonyl (C=O) groups is 1. The van der Waals surface area contributed by atoms with Crippen LogP contribution in [-0.2, 0) is 14.8 Å². The third-order valence-corrected chi connectivity index (χ3v) is 6.16. The molecular weight excluding hydrogens is 366 g/mol. The van der Waals surface area contributed by atoms with E-state index in [2.05, 4.69) is 19.9 Å². The third kappa shape index (κ3) is 5.06. The second-order valence-corrected chi connectivity index (χ2v) is 8.43. The quantitative estimate of drug-likeness (QED) is 0.670. The van der Waals surface area contributed by atoms with E-state index in [1.165, 1.54) is 0 Å². The van der Waals surface area contributed by atoms with Crippen LogP contribution in [0, 0.1) is 0 Å². The van der Waals surface area contributed by atoms with Gasteiger partial charge < -0.3 is 15.5 Å². The standard InChI is InChI=1S/C18H27N5O3S/c1-22(18-15-5-2-3-6-16(15)27(25,26)21-18)11-4-7-17(24)20-10-14-23-12-8-19-9-13-23/h2-3,5-6,19H,4,7-14H2,1H3,(H,20,24). The van der Waals surface area contributed by atoms with Crippen molar-refractivity contribution in [1.29, 1.82) is 0 Å². The SMILES string of the molecule is CN(CCCC(=O)NCCN1CCNCC1)C1=NS(=O)(=O)c2ccccc21. The van der Waals surface area contributed by atoms with Gasteiger partial charge >= 0.3 is 0 Å². The second-order valence-electron chi connectivity index (χ2n) is 6.85. The van der Waals surface area contributed by atoms with Gasteiger partial charge in [0.2, 0.25) is 5.91 Å². The van der Waals surface area contributed by atoms with Gasteiger partial charge in [0.15, 0.2) is 0 Å². The van der Waals surface area contributed by atoms with Crippen molar-refractivity contribution in [3.8, 4) is 0 Å². The molecule has 0 radical (unpaired) electrons. The Balaban J connectivity index is 1.41. The molecule has 1 saturated heterocycles. The molecule has 0 spiro atoms. The molecule has 9 heteroatoms. The molecule has 1 aromatic rings. The Morgan fingerprint density at radius 2 is 2.04 bits per heavy atom. The summed E-state index contributed by atoms with van der Waals surface area (Å²) in [6, 6.07) is 6.83. The second kappa shape index (κ2) is 8.81. The average molecular weight is 394 g/mol. The molecule has 148 valence electrons. The number of benzene rings is 1. The molecule has 2 aliphatic rings. The van der Waals surface area contributed by atoms with E-state index in [-0.39, 0.29) is 10.8 Å². The largest absolute Gasteiger partial charge is 0.358 e. The van der Waals surface area contributed by atoms with E-state index in [1.807, 2.05) is 0 Å². The molecule has 0 bridgehead atoms. The van der Waals surface area contributed by atoms with Gasteiger partial charge in [-0.3, -0.25) is 9.69 Å². The first-order valence-electron chi connectivity index (χ1n) is 9.33. The predicted octanol–water partition coefficient (Wildman–Crippen LogP) is -0.131. The molecule has 1 fully saturated rings. The van der Waals surface area contributed by atoms with Gasteiger partial charge in [-0.25, -0.2) is 0 Å². The fraction of sp³-hybridized carbons (Fsp3) is 0.556. The summed E-state index contributed by atoms with van der Waals surface area (Å²) < 4.78 is 28.1. The Labute approximate surface area is 160 Å². The zero-order valence-corrected chi connectivity index (χ0v) is 16.5. The zero-order chi connectivity index (χ0) is 19.3. The van der Waals surface area contributed by atoms with Gasteiger partial charge in [-0.2, -0.15) is 8.42 Å². The molecule has 1 aromatic carbocycles. The number of nitrogens with one attached hydrogen (secondary N) is 2. The van der Waals surface area contributed by atoms with Gasteiger partial charge in [0.05, 0.1) is 0 Å². The van der Waals surface area contributed by atoms with Crippen molar-refractivity contribution >= 4 is 21.8 Å². The van der Waals surface area contributed by atoms with Gasteiger partial charge in [-0.1, -0.05) is 12.1 Å². The highest BCUT2D eigenvalue weighted by Gasteiger charge is 2.30. The zero-order valence-electron chi connectivity index (χ0n) is 15.6. The van der Waals surface area contributed by atoms with Crippen LogP contribution in [0.1, 0.15) is 18.4 Å². The number of amidine groups is 1. The van der Waals surface area contributed by atoms with Crippen LogP contribution in [0.2, 0.25) is 0 Å². The lowest BCUT2D eigenvalue weighted by atomic mass is 10.2. The number of amides is 1. The molecule has 8 nitrogen and oxygen atoms in total. The van der Waals surface area contributed by atoms with Crippen LogP contribution in [0.3, 0.4) is 0 Å². The van der Waals surface area contributed by atoms with Crippen molar-refractivity contribution < 1.29 is 13.2 Å². The minimum absolute atomic E-state index is 0.0277. The fourth-order valence-electron chi connectivity index (χ4n) is 3.32. The van der Waals surface area contributed by atoms with E-state index in [9.17, 15) is 13.2 Å². The maximum atomic E-state index is 12.1. The van der Waals surface area contributed by atoms with E-state index >= 15 is 0 Å². The van der Waals surface area contributed by atoms with Crippen LogP contribution in [0.25, 0.3) is 0 Å². The highest BCUT2D eigenvalue weighted by molar-refractivity contribution is 7.90. The molecule has 0 unspecified atom stereocenters. The van der Waals surface area contributed by atoms with Crippen molar-refractivity contribution in [2.45, 2.75) is 17.7 Å². The lowest BCUT2D eigenvalue weighted by molar-refractivity contribution is -0.121. The Kier molecular flexibility index (Phi) is 6.46. The maximum Gasteiger partial charge on any atom is 0.285 e. The maximum absolute atomic E-state index is 12.1. The van der Waals surface area contributed by atoms with Crippen molar-refractivity contribution in [3.63, 3.8) is 0 Å². The van der Waals surface area contributed by atoms with Crippen molar-refractivity contribution in [2.75, 3.05) is 52.9 Å². The van der Waals surface area contributed by atoms with E-state index in [0.717, 1.165) is 32.7 Å². The number of piperazine rings is 1. The Bertz CT molecular complexity index is 803. The number of rotatable bonds is 7. The Morgan fingerprint density at radius 1 is 1.30 bits per heavy atom. The summed E-state index contributed by atoms with van der Waals surface area (Å²) in [5.41, 5.74) is 0.625. The first-order valence-corrected chi connectivity index (χ1v) is 10.8. The summed E-state index contributed by atoms with van der Waals surface area (Å²) in [5, 5.41) is 6.26. The number of nitrogens with zero attached hydrogens (tertiary/aromatic N) is 3. The van der Waals surface area contributed by atoms with Crippen LogP contribution < -0.4 is 10.6 Å². The molecule has 1 amide bonds. The molecule has 2 heterocycles. The van der Waals surface area contributed by atoms with Crippen LogP contribution in [0.4, 0.5) is 0 Å². The number of carbonyl (C=O) groups excluding carboxylic acids is 1. The van der Waals surface area contributed by atoms with Crippen molar-refractivity contribution in [3.05, 3.63) is 29.8 Å². The molecule has 0 aromatic heterocycles. The first kappa shape index (κ1) is 19.8. The third-order valence-electron chi connectivity index (χ3n) is 4.83. The topological polar surface area (TPSA) is 94.1 Å². The van der Waals surface area contributed by atoms with Crippen LogP contribution >= 0.6 is 0 Å². The van der Waals surface area contributed by atoms with Gasteiger partial charge in [-0.15, -0.1) is 4.40 Å². The fourth-order valence-corrected chi connectivity index (χ4v) is 4.57. The van der Waals surface area contributed by atoms with Gasteiger partial charge in [-0.05, 0) is 18.6 Å². The number of hydrogen-bond donors (Lipinski definition) is 2. The molecule has 0 aliphatic carbocycles. The minimum atomic E-state index is -3.61. The van der Waals surface area contributed by atoms with Crippen molar-refractivity contribution in [1.82, 2.24) is 20.4 Å². The highest BCUT2D eigenvalue weighted by atomic mass is 32.2. The molecule has 2 aliphatic heterocycles. The van der Waals surface area contributed by atoms with E-state index in [4.69, 9.17) is 0 Å². The highest BCUT2D eigenvalue weighted by Crippen LogP contribution is 2.26. The van der Waals surface area contributed by atoms with Gasteiger partial charge in [0.25, 0.3) is 10.0 Å². The van der Waals surface area contributed by atoms with Crippen LogP contribution in [-0.4, -0.2) is 82.8 Å². The number of sulfonamides is 1. The number of hydrogen-bond acceptors (Lipinski definition) is 6. The Hall–Kier alpha value is -1.97. The molecule has 0 atom stereocenters. The van der Waals surface area contributed by atoms with Crippen molar-refractivity contribution in [2.24, 2.45) is 4.40 Å². The molecule has 0 saturated carbocycles. The summed E-state index contributed by atoms with van der Waals surface area (Å²) >= 11 is 0. The van der Waals surface area contributed by atoms with Crippen LogP contribution in [0.15, 0.2) is 33.6 Å². The smallest absolute Gasteiger partial charge is 0.285 e. The summed E-state index contributed by atoms with van der Waals surface area (Å²) in [5.74, 6) is 0.477. The van der Waals surface area contributed by atoms with Gasteiger partial charge in [0.1, 0.15) is 10.7 Å². The molecule has 3 rings (SSSR count). The van der Waals surface area contributed by atoms with Crippen LogP contribution in [0.5, 0.6) is 0 Å². The molecule has 2 N–H and O–H groups in total. The Morgan fingerprint density at radius 3 is 2.81 bits per heavy atom. The summed E-state index contributed by atoms with van der Waals surface area (Å²) in [7, 11) is -1.80. The minimum Gasteiger partial charge on any atom is -0.358 e. The predicted molar refractivity (Wildman–Crippen MR) is 104 cm³/mol. The summed E-state index contributed by atoms with van der Waals surface area (Å²) in [6.07, 6.45) is 1.05. The normalized spacial score (nSPS) is 18.6. The van der Waals surface area contributed by atoms with E-state index in [0.29, 0.717) is 37.3 Å². The molecular formula is C18H27N5O3S. The first-order chi connectivity index (χ1) is 13.0. The summed E-state index contributed by atoms with van der Waals surface area (Å²) in [6.45, 7) is 6.14. The molecule has 27 heavy (non-hydrogen) atoms.